The second-order valence-electron chi connectivity index (χ2n) is 3.75. The topological polar surface area (TPSA) is 24.9 Å². The summed E-state index contributed by atoms with van der Waals surface area (Å²) in [7, 11) is 0. The van der Waals surface area contributed by atoms with Crippen LogP contribution in [0.5, 0.6) is 0 Å². The van der Waals surface area contributed by atoms with Gasteiger partial charge in [-0.3, -0.25) is 0 Å². The van der Waals surface area contributed by atoms with Crippen molar-refractivity contribution in [1.82, 2.24) is 10.3 Å². The molecule has 5 heteroatoms. The van der Waals surface area contributed by atoms with E-state index < -0.39 is 0 Å². The van der Waals surface area contributed by atoms with Gasteiger partial charge in [0.1, 0.15) is 9.34 Å². The Balaban J connectivity index is 1.82. The molecular weight excluding hydrogens is 248 g/mol. The molecule has 84 valence electrons. The lowest BCUT2D eigenvalue weighted by atomic mass is 10.2. The number of aromatic nitrogens is 1. The molecule has 1 aromatic heterocycles. The summed E-state index contributed by atoms with van der Waals surface area (Å²) in [6.45, 7) is 0.860. The molecular formula is C10H15ClN2S2. The molecule has 0 amide bonds. The van der Waals surface area contributed by atoms with Gasteiger partial charge in [-0.2, -0.15) is 11.8 Å². The van der Waals surface area contributed by atoms with Crippen molar-refractivity contribution in [2.45, 2.75) is 37.1 Å². The molecule has 2 nitrogen and oxygen atoms in total. The van der Waals surface area contributed by atoms with Crippen LogP contribution in [0, 0.1) is 0 Å². The van der Waals surface area contributed by atoms with Crippen LogP contribution in [0.1, 0.15) is 24.3 Å². The first kappa shape index (κ1) is 11.7. The van der Waals surface area contributed by atoms with Crippen LogP contribution in [-0.4, -0.2) is 22.5 Å². The van der Waals surface area contributed by atoms with E-state index in [1.54, 1.807) is 17.5 Å². The average Bonchev–Trinajstić information content (AvgIpc) is 2.83. The summed E-state index contributed by atoms with van der Waals surface area (Å²) in [5.41, 5.74) is 0. The van der Waals surface area contributed by atoms with Gasteiger partial charge in [0, 0.05) is 17.8 Å². The average molecular weight is 263 g/mol. The lowest BCUT2D eigenvalue weighted by Gasteiger charge is -2.18. The standard InChI is InChI=1S/C10H15ClN2S2/c1-14-8-4-2-3-7(8)12-6-10-13-5-9(11)15-10/h5,7-8,12H,2-4,6H2,1H3. The van der Waals surface area contributed by atoms with Crippen LogP contribution in [0.15, 0.2) is 6.20 Å². The molecule has 0 aliphatic heterocycles. The lowest BCUT2D eigenvalue weighted by Crippen LogP contribution is -2.33. The smallest absolute Gasteiger partial charge is 0.113 e. The molecule has 1 aromatic rings. The van der Waals surface area contributed by atoms with E-state index in [0.29, 0.717) is 6.04 Å². The van der Waals surface area contributed by atoms with Crippen molar-refractivity contribution >= 4 is 34.7 Å². The first-order valence-electron chi connectivity index (χ1n) is 5.16. The predicted molar refractivity (Wildman–Crippen MR) is 68.9 cm³/mol. The highest BCUT2D eigenvalue weighted by atomic mass is 35.5. The molecule has 2 rings (SSSR count). The highest BCUT2D eigenvalue weighted by Crippen LogP contribution is 2.28. The number of nitrogens with zero attached hydrogens (tertiary/aromatic N) is 1. The van der Waals surface area contributed by atoms with Crippen molar-refractivity contribution in [3.8, 4) is 0 Å². The summed E-state index contributed by atoms with van der Waals surface area (Å²) >= 11 is 9.38. The molecule has 15 heavy (non-hydrogen) atoms. The number of nitrogens with one attached hydrogen (secondary N) is 1. The quantitative estimate of drug-likeness (QED) is 0.902. The number of rotatable bonds is 4. The Labute approximate surface area is 104 Å². The fourth-order valence-corrected chi connectivity index (χ4v) is 3.90. The number of thiazole rings is 1. The molecule has 1 aliphatic rings. The zero-order valence-corrected chi connectivity index (χ0v) is 11.1. The molecule has 0 aromatic carbocycles. The SMILES string of the molecule is CSC1CCCC1NCc1ncc(Cl)s1. The van der Waals surface area contributed by atoms with Crippen LogP contribution >= 0.6 is 34.7 Å². The van der Waals surface area contributed by atoms with Crippen LogP contribution in [0.2, 0.25) is 4.34 Å². The zero-order chi connectivity index (χ0) is 10.7. The Morgan fingerprint density at radius 1 is 1.67 bits per heavy atom. The monoisotopic (exact) mass is 262 g/mol. The molecule has 0 bridgehead atoms. The second kappa shape index (κ2) is 5.53. The first-order chi connectivity index (χ1) is 7.29. The van der Waals surface area contributed by atoms with Crippen LogP contribution in [0.3, 0.4) is 0 Å². The minimum atomic E-state index is 0.655. The van der Waals surface area contributed by atoms with Crippen molar-refractivity contribution < 1.29 is 0 Å². The lowest BCUT2D eigenvalue weighted by molar-refractivity contribution is 0.531. The van der Waals surface area contributed by atoms with E-state index in [2.05, 4.69) is 16.6 Å². The van der Waals surface area contributed by atoms with E-state index >= 15 is 0 Å². The van der Waals surface area contributed by atoms with Gasteiger partial charge in [0.25, 0.3) is 0 Å². The van der Waals surface area contributed by atoms with E-state index in [0.717, 1.165) is 21.1 Å². The Morgan fingerprint density at radius 2 is 2.53 bits per heavy atom. The minimum absolute atomic E-state index is 0.655. The summed E-state index contributed by atoms with van der Waals surface area (Å²) in [5.74, 6) is 0. The third-order valence-electron chi connectivity index (χ3n) is 2.80. The second-order valence-corrected chi connectivity index (χ2v) is 6.57. The van der Waals surface area contributed by atoms with Crippen LogP contribution < -0.4 is 5.32 Å². The molecule has 0 saturated heterocycles. The van der Waals surface area contributed by atoms with E-state index in [4.69, 9.17) is 11.6 Å². The van der Waals surface area contributed by atoms with E-state index in [-0.39, 0.29) is 0 Å². The number of hydrogen-bond donors (Lipinski definition) is 1. The molecule has 1 N–H and O–H groups in total. The van der Waals surface area contributed by atoms with Gasteiger partial charge in [-0.15, -0.1) is 11.3 Å². The summed E-state index contributed by atoms with van der Waals surface area (Å²) in [6.07, 6.45) is 7.92. The number of thioether (sulfide) groups is 1. The zero-order valence-electron chi connectivity index (χ0n) is 8.70. The highest BCUT2D eigenvalue weighted by molar-refractivity contribution is 7.99. The van der Waals surface area contributed by atoms with E-state index in [1.165, 1.54) is 19.3 Å². The summed E-state index contributed by atoms with van der Waals surface area (Å²) in [5, 5.41) is 5.45. The maximum Gasteiger partial charge on any atom is 0.113 e. The van der Waals surface area contributed by atoms with Crippen molar-refractivity contribution in [3.63, 3.8) is 0 Å². The Hall–Kier alpha value is 0.230. The van der Waals surface area contributed by atoms with Gasteiger partial charge in [0.15, 0.2) is 0 Å². The van der Waals surface area contributed by atoms with E-state index in [1.807, 2.05) is 11.8 Å². The van der Waals surface area contributed by atoms with Crippen molar-refractivity contribution in [3.05, 3.63) is 15.5 Å². The first-order valence-corrected chi connectivity index (χ1v) is 7.64. The molecule has 1 aliphatic carbocycles. The Kier molecular flexibility index (Phi) is 4.31. The molecule has 1 heterocycles. The molecule has 0 radical (unpaired) electrons. The number of hydrogen-bond acceptors (Lipinski definition) is 4. The van der Waals surface area contributed by atoms with Crippen molar-refractivity contribution in [2.24, 2.45) is 0 Å². The summed E-state index contributed by atoms with van der Waals surface area (Å²) in [6, 6.07) is 0.655. The van der Waals surface area contributed by atoms with Gasteiger partial charge < -0.3 is 5.32 Å². The largest absolute Gasteiger partial charge is 0.307 e. The van der Waals surface area contributed by atoms with Gasteiger partial charge in [0.2, 0.25) is 0 Å². The van der Waals surface area contributed by atoms with Gasteiger partial charge in [0.05, 0.1) is 6.20 Å². The van der Waals surface area contributed by atoms with Crippen molar-refractivity contribution in [1.29, 1.82) is 0 Å². The van der Waals surface area contributed by atoms with Crippen LogP contribution in [0.25, 0.3) is 0 Å². The third-order valence-corrected chi connectivity index (χ3v) is 5.08. The minimum Gasteiger partial charge on any atom is -0.307 e. The Bertz CT molecular complexity index is 316. The third kappa shape index (κ3) is 3.09. The summed E-state index contributed by atoms with van der Waals surface area (Å²) in [4.78, 5) is 4.24. The highest BCUT2D eigenvalue weighted by Gasteiger charge is 2.25. The van der Waals surface area contributed by atoms with Gasteiger partial charge in [-0.1, -0.05) is 18.0 Å². The van der Waals surface area contributed by atoms with Crippen LogP contribution in [0.4, 0.5) is 0 Å². The molecule has 2 atom stereocenters. The maximum absolute atomic E-state index is 5.84. The normalized spacial score (nSPS) is 26.0. The maximum atomic E-state index is 5.84. The van der Waals surface area contributed by atoms with Gasteiger partial charge in [-0.25, -0.2) is 4.98 Å². The van der Waals surface area contributed by atoms with Crippen LogP contribution in [-0.2, 0) is 6.54 Å². The van der Waals surface area contributed by atoms with Crippen molar-refractivity contribution in [2.75, 3.05) is 6.26 Å². The van der Waals surface area contributed by atoms with E-state index in [9.17, 15) is 0 Å². The molecule has 1 saturated carbocycles. The summed E-state index contributed by atoms with van der Waals surface area (Å²) < 4.78 is 0.777. The molecule has 0 spiro atoms. The fraction of sp³-hybridized carbons (Fsp3) is 0.700. The predicted octanol–water partition coefficient (Wildman–Crippen LogP) is 3.17. The molecule has 2 unspecified atom stereocenters. The Morgan fingerprint density at radius 3 is 3.20 bits per heavy atom. The fourth-order valence-electron chi connectivity index (χ4n) is 2.03. The number of halogens is 1. The molecule has 1 fully saturated rings. The van der Waals surface area contributed by atoms with Gasteiger partial charge >= 0.3 is 0 Å². The van der Waals surface area contributed by atoms with Gasteiger partial charge in [-0.05, 0) is 19.1 Å².